The number of hydrogen-bond donors (Lipinski definition) is 1. The van der Waals surface area contributed by atoms with Crippen LogP contribution in [0.3, 0.4) is 0 Å². The molecule has 0 bridgehead atoms. The molecule has 0 unspecified atom stereocenters. The molecule has 1 heterocycles. The van der Waals surface area contributed by atoms with Gasteiger partial charge in [0.25, 0.3) is 5.56 Å². The van der Waals surface area contributed by atoms with E-state index in [9.17, 15) is 9.59 Å². The molecule has 0 aliphatic heterocycles. The predicted molar refractivity (Wildman–Crippen MR) is 66.8 cm³/mol. The molecule has 0 aliphatic rings. The zero-order valence-corrected chi connectivity index (χ0v) is 9.43. The van der Waals surface area contributed by atoms with E-state index >= 15 is 0 Å². The zero-order chi connectivity index (χ0) is 12.3. The van der Waals surface area contributed by atoms with Gasteiger partial charge in [0.15, 0.2) is 0 Å². The number of aromatic nitrogens is 2. The van der Waals surface area contributed by atoms with Crippen molar-refractivity contribution in [2.24, 2.45) is 0 Å². The van der Waals surface area contributed by atoms with E-state index in [0.717, 1.165) is 11.8 Å². The molecule has 2 rings (SSSR count). The van der Waals surface area contributed by atoms with Crippen molar-refractivity contribution in [2.75, 3.05) is 0 Å². The molecule has 2 aromatic rings. The largest absolute Gasteiger partial charge is 0.310 e. The summed E-state index contributed by atoms with van der Waals surface area (Å²) in [6.45, 7) is 1.75. The highest BCUT2D eigenvalue weighted by Gasteiger charge is 2.01. The molecule has 0 amide bonds. The molecule has 1 aromatic carbocycles. The van der Waals surface area contributed by atoms with E-state index in [-0.39, 0.29) is 5.56 Å². The Hall–Kier alpha value is -2.23. The van der Waals surface area contributed by atoms with Crippen LogP contribution in [0.1, 0.15) is 17.8 Å². The second kappa shape index (κ2) is 4.74. The minimum absolute atomic E-state index is 0.141. The number of nitrogens with one attached hydrogen (secondary N) is 1. The average molecular weight is 228 g/mol. The number of fused-ring (bicyclic) bond motifs is 1. The molecule has 0 atom stereocenters. The predicted octanol–water partition coefficient (Wildman–Crippen LogP) is 1.83. The monoisotopic (exact) mass is 228 g/mol. The fraction of sp³-hybridized carbons (Fsp3) is 0.154. The van der Waals surface area contributed by atoms with E-state index in [4.69, 9.17) is 0 Å². The number of carbonyl (C=O) groups excluding carboxylic acids is 1. The summed E-state index contributed by atoms with van der Waals surface area (Å²) in [5.74, 6) is 0.603. The molecule has 0 saturated heterocycles. The van der Waals surface area contributed by atoms with Crippen LogP contribution in [-0.4, -0.2) is 16.3 Å². The number of rotatable bonds is 3. The number of aldehydes is 1. The normalized spacial score (nSPS) is 11.1. The van der Waals surface area contributed by atoms with E-state index in [1.807, 2.05) is 12.1 Å². The Kier molecular flexibility index (Phi) is 3.14. The van der Waals surface area contributed by atoms with Crippen molar-refractivity contribution in [1.29, 1.82) is 0 Å². The summed E-state index contributed by atoms with van der Waals surface area (Å²) in [6, 6.07) is 5.44. The summed E-state index contributed by atoms with van der Waals surface area (Å²) in [5.41, 5.74) is 1.42. The van der Waals surface area contributed by atoms with Crippen molar-refractivity contribution in [3.8, 4) is 0 Å². The van der Waals surface area contributed by atoms with Gasteiger partial charge in [-0.25, -0.2) is 4.98 Å². The van der Waals surface area contributed by atoms with E-state index in [1.54, 1.807) is 25.1 Å². The lowest BCUT2D eigenvalue weighted by atomic mass is 10.1. The Balaban J connectivity index is 2.50. The SMILES string of the molecule is Cc1nc2ccc(C=CCC=O)cc2c(=O)[nH]1. The molecular weight excluding hydrogens is 216 g/mol. The van der Waals surface area contributed by atoms with Crippen LogP contribution in [0, 0.1) is 6.92 Å². The number of benzene rings is 1. The standard InChI is InChI=1S/C13H12N2O2/c1-9-14-12-6-5-10(4-2-3-7-16)8-11(12)13(17)15-9/h2,4-8H,3H2,1H3,(H,14,15,17). The average Bonchev–Trinajstić information content (AvgIpc) is 2.30. The van der Waals surface area contributed by atoms with Gasteiger partial charge < -0.3 is 9.78 Å². The summed E-state index contributed by atoms with van der Waals surface area (Å²) < 4.78 is 0. The lowest BCUT2D eigenvalue weighted by molar-refractivity contribution is -0.107. The van der Waals surface area contributed by atoms with Gasteiger partial charge in [0, 0.05) is 6.42 Å². The maximum atomic E-state index is 11.7. The third-order valence-corrected chi connectivity index (χ3v) is 2.39. The molecule has 1 aromatic heterocycles. The van der Waals surface area contributed by atoms with E-state index in [2.05, 4.69) is 9.97 Å². The molecule has 0 saturated carbocycles. The van der Waals surface area contributed by atoms with Crippen LogP contribution in [-0.2, 0) is 4.79 Å². The van der Waals surface area contributed by atoms with Crippen LogP contribution < -0.4 is 5.56 Å². The molecule has 17 heavy (non-hydrogen) atoms. The van der Waals surface area contributed by atoms with Gasteiger partial charge in [-0.1, -0.05) is 18.2 Å². The first-order chi connectivity index (χ1) is 8.20. The smallest absolute Gasteiger partial charge is 0.258 e. The van der Waals surface area contributed by atoms with Crippen LogP contribution in [0.2, 0.25) is 0 Å². The van der Waals surface area contributed by atoms with Crippen LogP contribution in [0.5, 0.6) is 0 Å². The Morgan fingerprint density at radius 1 is 1.41 bits per heavy atom. The Labute approximate surface area is 98.0 Å². The van der Waals surface area contributed by atoms with Crippen LogP contribution >= 0.6 is 0 Å². The third kappa shape index (κ3) is 2.47. The summed E-state index contributed by atoms with van der Waals surface area (Å²) in [6.07, 6.45) is 4.77. The number of hydrogen-bond acceptors (Lipinski definition) is 3. The second-order valence-electron chi connectivity index (χ2n) is 3.73. The number of aryl methyl sites for hydroxylation is 1. The molecule has 4 heteroatoms. The number of nitrogens with zero attached hydrogens (tertiary/aromatic N) is 1. The van der Waals surface area contributed by atoms with Crippen molar-refractivity contribution >= 4 is 23.3 Å². The number of allylic oxidation sites excluding steroid dienone is 1. The molecule has 0 radical (unpaired) electrons. The summed E-state index contributed by atoms with van der Waals surface area (Å²) in [7, 11) is 0. The maximum absolute atomic E-state index is 11.7. The number of aromatic amines is 1. The topological polar surface area (TPSA) is 62.8 Å². The van der Waals surface area contributed by atoms with Crippen molar-refractivity contribution in [3.63, 3.8) is 0 Å². The minimum atomic E-state index is -0.141. The lowest BCUT2D eigenvalue weighted by Crippen LogP contribution is -2.09. The van der Waals surface area contributed by atoms with Gasteiger partial charge in [-0.2, -0.15) is 0 Å². The fourth-order valence-corrected chi connectivity index (χ4v) is 1.64. The lowest BCUT2D eigenvalue weighted by Gasteiger charge is -1.99. The second-order valence-corrected chi connectivity index (χ2v) is 3.73. The maximum Gasteiger partial charge on any atom is 0.258 e. The highest BCUT2D eigenvalue weighted by molar-refractivity contribution is 5.80. The molecule has 0 spiro atoms. The van der Waals surface area contributed by atoms with Crippen molar-refractivity contribution in [2.45, 2.75) is 13.3 Å². The van der Waals surface area contributed by atoms with Gasteiger partial charge in [0.2, 0.25) is 0 Å². The molecular formula is C13H12N2O2. The van der Waals surface area contributed by atoms with Gasteiger partial charge in [0.05, 0.1) is 10.9 Å². The number of H-pyrrole nitrogens is 1. The van der Waals surface area contributed by atoms with Gasteiger partial charge in [0.1, 0.15) is 12.1 Å². The van der Waals surface area contributed by atoms with Gasteiger partial charge in [-0.3, -0.25) is 4.79 Å². The molecule has 4 nitrogen and oxygen atoms in total. The van der Waals surface area contributed by atoms with E-state index in [1.165, 1.54) is 0 Å². The van der Waals surface area contributed by atoms with Crippen molar-refractivity contribution in [3.05, 3.63) is 46.0 Å². The Bertz CT molecular complexity index is 641. The van der Waals surface area contributed by atoms with Gasteiger partial charge in [-0.05, 0) is 24.6 Å². The first-order valence-corrected chi connectivity index (χ1v) is 5.31. The van der Waals surface area contributed by atoms with Gasteiger partial charge >= 0.3 is 0 Å². The van der Waals surface area contributed by atoms with Crippen LogP contribution in [0.4, 0.5) is 0 Å². The van der Waals surface area contributed by atoms with Crippen LogP contribution in [0.25, 0.3) is 17.0 Å². The zero-order valence-electron chi connectivity index (χ0n) is 9.43. The summed E-state index contributed by atoms with van der Waals surface area (Å²) in [4.78, 5) is 28.8. The fourth-order valence-electron chi connectivity index (χ4n) is 1.64. The van der Waals surface area contributed by atoms with Crippen molar-refractivity contribution in [1.82, 2.24) is 9.97 Å². The minimum Gasteiger partial charge on any atom is -0.310 e. The first-order valence-electron chi connectivity index (χ1n) is 5.31. The molecule has 0 fully saturated rings. The highest BCUT2D eigenvalue weighted by Crippen LogP contribution is 2.11. The van der Waals surface area contributed by atoms with Crippen molar-refractivity contribution < 1.29 is 4.79 Å². The highest BCUT2D eigenvalue weighted by atomic mass is 16.1. The Morgan fingerprint density at radius 3 is 3.00 bits per heavy atom. The van der Waals surface area contributed by atoms with E-state index < -0.39 is 0 Å². The van der Waals surface area contributed by atoms with Gasteiger partial charge in [-0.15, -0.1) is 0 Å². The summed E-state index contributed by atoms with van der Waals surface area (Å²) in [5, 5.41) is 0.559. The number of carbonyl (C=O) groups is 1. The van der Waals surface area contributed by atoms with Crippen LogP contribution in [0.15, 0.2) is 29.1 Å². The van der Waals surface area contributed by atoms with E-state index in [0.29, 0.717) is 23.1 Å². The molecule has 1 N–H and O–H groups in total. The quantitative estimate of drug-likeness (QED) is 0.815. The molecule has 86 valence electrons. The first kappa shape index (κ1) is 11.3. The molecule has 0 aliphatic carbocycles. The Morgan fingerprint density at radius 2 is 2.24 bits per heavy atom. The third-order valence-electron chi connectivity index (χ3n) is 2.39. The summed E-state index contributed by atoms with van der Waals surface area (Å²) >= 11 is 0.